The van der Waals surface area contributed by atoms with Crippen LogP contribution in [0.2, 0.25) is 0 Å². The maximum absolute atomic E-state index is 13.1. The van der Waals surface area contributed by atoms with Crippen molar-refractivity contribution in [1.29, 1.82) is 0 Å². The Morgan fingerprint density at radius 2 is 1.78 bits per heavy atom. The molecule has 3 aromatic rings. The average Bonchev–Trinajstić information content (AvgIpc) is 3.13. The molecular weight excluding hydrogens is 343 g/mol. The number of hydrogen-bond donors (Lipinski definition) is 1. The molecule has 4 heterocycles. The van der Waals surface area contributed by atoms with Crippen LogP contribution in [0.1, 0.15) is 23.4 Å². The van der Waals surface area contributed by atoms with E-state index in [0.717, 1.165) is 49.0 Å². The Kier molecular flexibility index (Phi) is 3.97. The minimum Gasteiger partial charge on any atom is -0.451 e. The number of benzene rings is 2. The Labute approximate surface area is 157 Å². The Hall–Kier alpha value is -2.66. The third-order valence-corrected chi connectivity index (χ3v) is 5.89. The molecule has 1 aromatic heterocycles. The van der Waals surface area contributed by atoms with Gasteiger partial charge in [-0.25, -0.2) is 4.39 Å². The lowest BCUT2D eigenvalue weighted by atomic mass is 9.84. The van der Waals surface area contributed by atoms with Crippen molar-refractivity contribution in [3.63, 3.8) is 0 Å². The molecule has 3 fully saturated rings. The number of fused-ring (bicyclic) bond motifs is 4. The minimum absolute atomic E-state index is 0.145. The largest absolute Gasteiger partial charge is 0.451 e. The van der Waals surface area contributed by atoms with E-state index in [4.69, 9.17) is 4.42 Å². The van der Waals surface area contributed by atoms with Crippen LogP contribution >= 0.6 is 0 Å². The standard InChI is InChI=1S/C22H21FN2O2/c23-18-5-3-14(4-6-18)16-1-2-17-12-21(27-20(17)11-16)22(26)24-19-13-25-9-7-15(19)8-10-25/h1-6,11-12,15,19H,7-10,13H2,(H,24,26)/t19-/m0/s1. The Balaban J connectivity index is 1.37. The topological polar surface area (TPSA) is 45.5 Å². The van der Waals surface area contributed by atoms with E-state index in [2.05, 4.69) is 10.2 Å². The minimum atomic E-state index is -0.260. The molecule has 27 heavy (non-hydrogen) atoms. The number of nitrogens with one attached hydrogen (secondary N) is 1. The van der Waals surface area contributed by atoms with Gasteiger partial charge in [-0.3, -0.25) is 4.79 Å². The number of halogens is 1. The van der Waals surface area contributed by atoms with Crippen LogP contribution in [-0.4, -0.2) is 36.5 Å². The number of nitrogens with zero attached hydrogens (tertiary/aromatic N) is 1. The number of amides is 1. The molecule has 5 heteroatoms. The number of carbonyl (C=O) groups is 1. The van der Waals surface area contributed by atoms with E-state index in [1.165, 1.54) is 12.1 Å². The summed E-state index contributed by atoms with van der Waals surface area (Å²) in [6.07, 6.45) is 2.32. The lowest BCUT2D eigenvalue weighted by molar-refractivity contribution is 0.0607. The van der Waals surface area contributed by atoms with Gasteiger partial charge < -0.3 is 14.6 Å². The first-order chi connectivity index (χ1) is 13.2. The second kappa shape index (κ2) is 6.50. The van der Waals surface area contributed by atoms with Gasteiger partial charge in [-0.05, 0) is 67.2 Å². The van der Waals surface area contributed by atoms with Gasteiger partial charge in [0.05, 0.1) is 0 Å². The second-order valence-electron chi connectivity index (χ2n) is 7.59. The lowest BCUT2D eigenvalue weighted by Gasteiger charge is -2.44. The van der Waals surface area contributed by atoms with E-state index in [9.17, 15) is 9.18 Å². The summed E-state index contributed by atoms with van der Waals surface area (Å²) in [6, 6.07) is 14.1. The number of carbonyl (C=O) groups excluding carboxylic acids is 1. The van der Waals surface area contributed by atoms with Gasteiger partial charge in [-0.2, -0.15) is 0 Å². The highest BCUT2D eigenvalue weighted by molar-refractivity contribution is 5.97. The van der Waals surface area contributed by atoms with E-state index in [1.54, 1.807) is 18.2 Å². The zero-order valence-electron chi connectivity index (χ0n) is 15.0. The molecule has 138 valence electrons. The van der Waals surface area contributed by atoms with Crippen molar-refractivity contribution in [3.05, 3.63) is 60.1 Å². The van der Waals surface area contributed by atoms with Crippen molar-refractivity contribution in [2.75, 3.05) is 19.6 Å². The van der Waals surface area contributed by atoms with E-state index < -0.39 is 0 Å². The van der Waals surface area contributed by atoms with E-state index in [1.807, 2.05) is 18.2 Å². The van der Waals surface area contributed by atoms with Crippen LogP contribution in [-0.2, 0) is 0 Å². The highest BCUT2D eigenvalue weighted by Gasteiger charge is 2.35. The van der Waals surface area contributed by atoms with Crippen molar-refractivity contribution >= 4 is 16.9 Å². The summed E-state index contributed by atoms with van der Waals surface area (Å²) in [5.74, 6) is 0.518. The molecule has 0 radical (unpaired) electrons. The summed E-state index contributed by atoms with van der Waals surface area (Å²) in [6.45, 7) is 3.23. The molecule has 2 aromatic carbocycles. The quantitative estimate of drug-likeness (QED) is 0.762. The average molecular weight is 364 g/mol. The Morgan fingerprint density at radius 3 is 2.48 bits per heavy atom. The number of rotatable bonds is 3. The van der Waals surface area contributed by atoms with Gasteiger partial charge in [0, 0.05) is 18.0 Å². The molecular formula is C22H21FN2O2. The van der Waals surface area contributed by atoms with Crippen LogP contribution in [0.5, 0.6) is 0 Å². The fraction of sp³-hybridized carbons (Fsp3) is 0.318. The Morgan fingerprint density at radius 1 is 1.04 bits per heavy atom. The van der Waals surface area contributed by atoms with Crippen molar-refractivity contribution in [2.45, 2.75) is 18.9 Å². The zero-order chi connectivity index (χ0) is 18.4. The molecule has 3 saturated heterocycles. The van der Waals surface area contributed by atoms with Crippen molar-refractivity contribution in [1.82, 2.24) is 10.2 Å². The fourth-order valence-corrected chi connectivity index (χ4v) is 4.33. The summed E-state index contributed by atoms with van der Waals surface area (Å²) in [7, 11) is 0. The summed E-state index contributed by atoms with van der Waals surface area (Å²) in [4.78, 5) is 15.1. The SMILES string of the molecule is O=C(N[C@H]1CN2CCC1CC2)c1cc2ccc(-c3ccc(F)cc3)cc2o1. The van der Waals surface area contributed by atoms with Crippen LogP contribution in [0.4, 0.5) is 4.39 Å². The van der Waals surface area contributed by atoms with Crippen LogP contribution in [0.3, 0.4) is 0 Å². The molecule has 3 aliphatic rings. The zero-order valence-corrected chi connectivity index (χ0v) is 15.0. The molecule has 1 amide bonds. The van der Waals surface area contributed by atoms with Gasteiger partial charge in [-0.15, -0.1) is 0 Å². The molecule has 0 saturated carbocycles. The molecule has 2 bridgehead atoms. The maximum Gasteiger partial charge on any atom is 0.287 e. The van der Waals surface area contributed by atoms with Crippen LogP contribution in [0, 0.1) is 11.7 Å². The molecule has 1 atom stereocenters. The summed E-state index contributed by atoms with van der Waals surface area (Å²) >= 11 is 0. The van der Waals surface area contributed by atoms with Gasteiger partial charge in [0.1, 0.15) is 11.4 Å². The van der Waals surface area contributed by atoms with Gasteiger partial charge in [0.2, 0.25) is 0 Å². The predicted molar refractivity (Wildman–Crippen MR) is 102 cm³/mol. The molecule has 3 aliphatic heterocycles. The third-order valence-electron chi connectivity index (χ3n) is 5.89. The monoisotopic (exact) mass is 364 g/mol. The third kappa shape index (κ3) is 3.12. The van der Waals surface area contributed by atoms with Gasteiger partial charge >= 0.3 is 0 Å². The normalized spacial score (nSPS) is 24.3. The second-order valence-corrected chi connectivity index (χ2v) is 7.59. The fourth-order valence-electron chi connectivity index (χ4n) is 4.33. The molecule has 0 unspecified atom stereocenters. The first-order valence-electron chi connectivity index (χ1n) is 9.48. The summed E-state index contributed by atoms with van der Waals surface area (Å²) in [5.41, 5.74) is 2.50. The smallest absolute Gasteiger partial charge is 0.287 e. The molecule has 4 nitrogen and oxygen atoms in total. The molecule has 0 aliphatic carbocycles. The van der Waals surface area contributed by atoms with Crippen molar-refractivity contribution < 1.29 is 13.6 Å². The van der Waals surface area contributed by atoms with Crippen LogP contribution in [0.25, 0.3) is 22.1 Å². The first-order valence-corrected chi connectivity index (χ1v) is 9.48. The molecule has 0 spiro atoms. The number of hydrogen-bond acceptors (Lipinski definition) is 3. The van der Waals surface area contributed by atoms with Crippen molar-refractivity contribution in [2.24, 2.45) is 5.92 Å². The predicted octanol–water partition coefficient (Wildman–Crippen LogP) is 4.06. The summed E-state index contributed by atoms with van der Waals surface area (Å²) in [5, 5.41) is 4.05. The summed E-state index contributed by atoms with van der Waals surface area (Å²) < 4.78 is 19.0. The van der Waals surface area contributed by atoms with Crippen molar-refractivity contribution in [3.8, 4) is 11.1 Å². The van der Waals surface area contributed by atoms with Crippen LogP contribution < -0.4 is 5.32 Å². The van der Waals surface area contributed by atoms with E-state index >= 15 is 0 Å². The maximum atomic E-state index is 13.1. The lowest BCUT2D eigenvalue weighted by Crippen LogP contribution is -2.57. The van der Waals surface area contributed by atoms with E-state index in [-0.39, 0.29) is 17.8 Å². The number of piperidine rings is 3. The Bertz CT molecular complexity index is 987. The molecule has 6 rings (SSSR count). The highest BCUT2D eigenvalue weighted by Crippen LogP contribution is 2.29. The van der Waals surface area contributed by atoms with Gasteiger partial charge in [-0.1, -0.05) is 24.3 Å². The van der Waals surface area contributed by atoms with Gasteiger partial charge in [0.25, 0.3) is 5.91 Å². The first kappa shape index (κ1) is 16.5. The van der Waals surface area contributed by atoms with Crippen LogP contribution in [0.15, 0.2) is 52.9 Å². The molecule has 1 N–H and O–H groups in total. The van der Waals surface area contributed by atoms with E-state index in [0.29, 0.717) is 17.3 Å². The van der Waals surface area contributed by atoms with Gasteiger partial charge in [0.15, 0.2) is 5.76 Å². The number of furan rings is 1. The highest BCUT2D eigenvalue weighted by atomic mass is 19.1.